The van der Waals surface area contributed by atoms with Crippen LogP contribution in [-0.4, -0.2) is 36.9 Å². The van der Waals surface area contributed by atoms with Crippen LogP contribution >= 0.6 is 0 Å². The maximum absolute atomic E-state index is 11.7. The molecule has 5 heteroatoms. The van der Waals surface area contributed by atoms with E-state index in [9.17, 15) is 9.59 Å². The third-order valence-corrected chi connectivity index (χ3v) is 2.77. The molecule has 0 bridgehead atoms. The van der Waals surface area contributed by atoms with Crippen LogP contribution in [0.25, 0.3) is 0 Å². The molecule has 0 fully saturated rings. The summed E-state index contributed by atoms with van der Waals surface area (Å²) in [6.07, 6.45) is 1.60. The molecule has 2 atom stereocenters. The SMILES string of the molecule is CCOCCCOC(=O)C(CC)CC(C)C(=O)O. The highest BCUT2D eigenvalue weighted by atomic mass is 16.5. The van der Waals surface area contributed by atoms with Gasteiger partial charge in [-0.25, -0.2) is 0 Å². The third-order valence-electron chi connectivity index (χ3n) is 2.77. The van der Waals surface area contributed by atoms with Gasteiger partial charge in [-0.15, -0.1) is 0 Å². The quantitative estimate of drug-likeness (QED) is 0.481. The molecule has 0 aromatic rings. The molecule has 5 nitrogen and oxygen atoms in total. The summed E-state index contributed by atoms with van der Waals surface area (Å²) in [5, 5.41) is 8.81. The Balaban J connectivity index is 3.92. The van der Waals surface area contributed by atoms with Gasteiger partial charge in [-0.1, -0.05) is 13.8 Å². The van der Waals surface area contributed by atoms with Crippen LogP contribution in [0.15, 0.2) is 0 Å². The number of aliphatic carboxylic acids is 1. The molecule has 0 saturated carbocycles. The van der Waals surface area contributed by atoms with E-state index in [1.165, 1.54) is 0 Å². The summed E-state index contributed by atoms with van der Waals surface area (Å²) in [5.41, 5.74) is 0. The lowest BCUT2D eigenvalue weighted by Crippen LogP contribution is -2.23. The van der Waals surface area contributed by atoms with E-state index < -0.39 is 11.9 Å². The Kier molecular flexibility index (Phi) is 9.28. The monoisotopic (exact) mass is 260 g/mol. The standard InChI is InChI=1S/C13H24O5/c1-4-11(9-10(3)12(14)15)13(16)18-8-6-7-17-5-2/h10-11H,4-9H2,1-3H3,(H,14,15). The fourth-order valence-corrected chi connectivity index (χ4v) is 1.55. The Morgan fingerprint density at radius 3 is 2.39 bits per heavy atom. The summed E-state index contributed by atoms with van der Waals surface area (Å²) >= 11 is 0. The average Bonchev–Trinajstić information content (AvgIpc) is 2.34. The van der Waals surface area contributed by atoms with E-state index in [0.29, 0.717) is 39.1 Å². The normalized spacial score (nSPS) is 13.9. The Bertz CT molecular complexity index is 252. The predicted octanol–water partition coefficient (Wildman–Crippen LogP) is 2.09. The Hall–Kier alpha value is -1.10. The number of hydrogen-bond acceptors (Lipinski definition) is 4. The van der Waals surface area contributed by atoms with Crippen LogP contribution in [0.1, 0.15) is 40.0 Å². The first kappa shape index (κ1) is 16.9. The van der Waals surface area contributed by atoms with Crippen molar-refractivity contribution in [2.24, 2.45) is 11.8 Å². The lowest BCUT2D eigenvalue weighted by Gasteiger charge is -2.16. The Labute approximate surface area is 108 Å². The number of carbonyl (C=O) groups excluding carboxylic acids is 1. The van der Waals surface area contributed by atoms with Gasteiger partial charge in [0.25, 0.3) is 0 Å². The minimum Gasteiger partial charge on any atom is -0.481 e. The summed E-state index contributed by atoms with van der Waals surface area (Å²) in [5.74, 6) is -2.03. The molecule has 0 rings (SSSR count). The number of ether oxygens (including phenoxy) is 2. The number of carboxylic acid groups (broad SMARTS) is 1. The van der Waals surface area contributed by atoms with Crippen molar-refractivity contribution in [1.29, 1.82) is 0 Å². The van der Waals surface area contributed by atoms with Crippen LogP contribution in [0.5, 0.6) is 0 Å². The van der Waals surface area contributed by atoms with E-state index in [2.05, 4.69) is 0 Å². The molecular weight excluding hydrogens is 236 g/mol. The van der Waals surface area contributed by atoms with Crippen molar-refractivity contribution in [2.45, 2.75) is 40.0 Å². The molecule has 0 radical (unpaired) electrons. The van der Waals surface area contributed by atoms with Gasteiger partial charge in [0.2, 0.25) is 0 Å². The molecule has 0 heterocycles. The van der Waals surface area contributed by atoms with Crippen LogP contribution in [0.4, 0.5) is 0 Å². The number of hydrogen-bond donors (Lipinski definition) is 1. The van der Waals surface area contributed by atoms with E-state index in [1.54, 1.807) is 6.92 Å². The largest absolute Gasteiger partial charge is 0.481 e. The summed E-state index contributed by atoms with van der Waals surface area (Å²) in [6.45, 7) is 6.94. The van der Waals surface area contributed by atoms with E-state index in [1.807, 2.05) is 13.8 Å². The first-order chi connectivity index (χ1) is 8.52. The predicted molar refractivity (Wildman–Crippen MR) is 67.3 cm³/mol. The van der Waals surface area contributed by atoms with Crippen molar-refractivity contribution < 1.29 is 24.2 Å². The van der Waals surface area contributed by atoms with Gasteiger partial charge < -0.3 is 14.6 Å². The minimum atomic E-state index is -0.877. The van der Waals surface area contributed by atoms with E-state index in [-0.39, 0.29) is 11.9 Å². The van der Waals surface area contributed by atoms with Crippen molar-refractivity contribution in [3.63, 3.8) is 0 Å². The smallest absolute Gasteiger partial charge is 0.308 e. The van der Waals surface area contributed by atoms with Gasteiger partial charge in [0.1, 0.15) is 0 Å². The molecule has 106 valence electrons. The van der Waals surface area contributed by atoms with E-state index >= 15 is 0 Å². The summed E-state index contributed by atoms with van der Waals surface area (Å²) in [4.78, 5) is 22.4. The van der Waals surface area contributed by atoms with Crippen molar-refractivity contribution in [2.75, 3.05) is 19.8 Å². The summed E-state index contributed by atoms with van der Waals surface area (Å²) < 4.78 is 10.2. The molecule has 18 heavy (non-hydrogen) atoms. The van der Waals surface area contributed by atoms with E-state index in [0.717, 1.165) is 0 Å². The van der Waals surface area contributed by atoms with Crippen molar-refractivity contribution in [3.05, 3.63) is 0 Å². The van der Waals surface area contributed by atoms with Crippen molar-refractivity contribution in [3.8, 4) is 0 Å². The highest BCUT2D eigenvalue weighted by molar-refractivity contribution is 5.74. The Morgan fingerprint density at radius 2 is 1.89 bits per heavy atom. The van der Waals surface area contributed by atoms with Crippen LogP contribution in [0, 0.1) is 11.8 Å². The van der Waals surface area contributed by atoms with Gasteiger partial charge in [-0.3, -0.25) is 9.59 Å². The lowest BCUT2D eigenvalue weighted by atomic mass is 9.94. The first-order valence-corrected chi connectivity index (χ1v) is 6.50. The summed E-state index contributed by atoms with van der Waals surface area (Å²) in [6, 6.07) is 0. The molecule has 0 saturated heterocycles. The second-order valence-corrected chi connectivity index (χ2v) is 4.30. The number of esters is 1. The van der Waals surface area contributed by atoms with Crippen molar-refractivity contribution in [1.82, 2.24) is 0 Å². The summed E-state index contributed by atoms with van der Waals surface area (Å²) in [7, 11) is 0. The third kappa shape index (κ3) is 7.27. The zero-order chi connectivity index (χ0) is 14.0. The molecular formula is C13H24O5. The number of rotatable bonds is 10. The van der Waals surface area contributed by atoms with Crippen LogP contribution in [0.2, 0.25) is 0 Å². The van der Waals surface area contributed by atoms with E-state index in [4.69, 9.17) is 14.6 Å². The second kappa shape index (κ2) is 9.88. The number of carboxylic acids is 1. The van der Waals surface area contributed by atoms with Crippen LogP contribution in [0.3, 0.4) is 0 Å². The molecule has 0 aromatic carbocycles. The number of carbonyl (C=O) groups is 2. The van der Waals surface area contributed by atoms with Gasteiger partial charge in [0.15, 0.2) is 0 Å². The molecule has 0 aromatic heterocycles. The second-order valence-electron chi connectivity index (χ2n) is 4.30. The molecule has 0 aliphatic carbocycles. The molecule has 0 amide bonds. The zero-order valence-electron chi connectivity index (χ0n) is 11.5. The average molecular weight is 260 g/mol. The molecule has 2 unspecified atom stereocenters. The first-order valence-electron chi connectivity index (χ1n) is 6.50. The highest BCUT2D eigenvalue weighted by Crippen LogP contribution is 2.17. The minimum absolute atomic E-state index is 0.304. The Morgan fingerprint density at radius 1 is 1.22 bits per heavy atom. The molecule has 0 aliphatic rings. The zero-order valence-corrected chi connectivity index (χ0v) is 11.5. The van der Waals surface area contributed by atoms with Gasteiger partial charge in [0.05, 0.1) is 18.4 Å². The van der Waals surface area contributed by atoms with Crippen LogP contribution in [-0.2, 0) is 19.1 Å². The lowest BCUT2D eigenvalue weighted by molar-refractivity contribution is -0.150. The fraction of sp³-hybridized carbons (Fsp3) is 0.846. The van der Waals surface area contributed by atoms with Gasteiger partial charge in [-0.05, 0) is 19.8 Å². The highest BCUT2D eigenvalue weighted by Gasteiger charge is 2.23. The fourth-order valence-electron chi connectivity index (χ4n) is 1.55. The van der Waals surface area contributed by atoms with Gasteiger partial charge in [-0.2, -0.15) is 0 Å². The maximum atomic E-state index is 11.7. The van der Waals surface area contributed by atoms with Gasteiger partial charge >= 0.3 is 11.9 Å². The maximum Gasteiger partial charge on any atom is 0.308 e. The van der Waals surface area contributed by atoms with Crippen LogP contribution < -0.4 is 0 Å². The molecule has 0 spiro atoms. The van der Waals surface area contributed by atoms with Gasteiger partial charge in [0, 0.05) is 19.6 Å². The molecule has 0 aliphatic heterocycles. The topological polar surface area (TPSA) is 72.8 Å². The van der Waals surface area contributed by atoms with Crippen molar-refractivity contribution >= 4 is 11.9 Å². The molecule has 1 N–H and O–H groups in total.